The molecule has 1 amide bonds. The number of hydrogen-bond acceptors (Lipinski definition) is 5. The number of pyridine rings is 3. The van der Waals surface area contributed by atoms with Gasteiger partial charge in [-0.15, -0.1) is 8.78 Å². The van der Waals surface area contributed by atoms with Crippen molar-refractivity contribution in [2.24, 2.45) is 0 Å². The Morgan fingerprint density at radius 2 is 1.59 bits per heavy atom. The standard InChI is InChI=1S/C23H15ClF2N4O2/c24-23(25,26)32-19-7-5-18(6-8-19)30-22(31)17-11-20(15-3-1-9-27-12-15)21(29-14-17)16-4-2-10-28-13-16/h1-14H,(H,30,31). The summed E-state index contributed by atoms with van der Waals surface area (Å²) in [6.45, 7) is 0. The van der Waals surface area contributed by atoms with E-state index in [1.54, 1.807) is 43.0 Å². The molecule has 4 rings (SSSR count). The Morgan fingerprint density at radius 3 is 2.19 bits per heavy atom. The summed E-state index contributed by atoms with van der Waals surface area (Å²) < 4.78 is 29.7. The minimum atomic E-state index is -3.81. The molecule has 3 heterocycles. The number of carbonyl (C=O) groups is 1. The topological polar surface area (TPSA) is 77.0 Å². The molecule has 0 unspecified atom stereocenters. The van der Waals surface area contributed by atoms with Crippen LogP contribution in [0.15, 0.2) is 85.6 Å². The van der Waals surface area contributed by atoms with Gasteiger partial charge in [-0.3, -0.25) is 19.7 Å². The fourth-order valence-electron chi connectivity index (χ4n) is 3.01. The first-order valence-electron chi connectivity index (χ1n) is 9.37. The maximum absolute atomic E-state index is 12.8. The Kier molecular flexibility index (Phi) is 6.04. The van der Waals surface area contributed by atoms with Gasteiger partial charge < -0.3 is 10.1 Å². The Bertz CT molecular complexity index is 1220. The molecule has 0 bridgehead atoms. The quantitative estimate of drug-likeness (QED) is 0.384. The van der Waals surface area contributed by atoms with Crippen molar-refractivity contribution in [2.45, 2.75) is 5.57 Å². The van der Waals surface area contributed by atoms with Crippen molar-refractivity contribution < 1.29 is 18.3 Å². The minimum absolute atomic E-state index is 0.135. The van der Waals surface area contributed by atoms with E-state index in [0.717, 1.165) is 11.1 Å². The molecular formula is C23H15ClF2N4O2. The van der Waals surface area contributed by atoms with E-state index in [9.17, 15) is 13.6 Å². The third kappa shape index (κ3) is 5.22. The maximum atomic E-state index is 12.8. The average Bonchev–Trinajstić information content (AvgIpc) is 2.80. The monoisotopic (exact) mass is 452 g/mol. The molecule has 1 N–H and O–H groups in total. The number of nitrogens with zero attached hydrogens (tertiary/aromatic N) is 3. The summed E-state index contributed by atoms with van der Waals surface area (Å²) in [6, 6.07) is 14.5. The van der Waals surface area contributed by atoms with Gasteiger partial charge in [-0.05, 0) is 48.5 Å². The molecule has 0 saturated heterocycles. The highest BCUT2D eigenvalue weighted by molar-refractivity contribution is 6.20. The fraction of sp³-hybridized carbons (Fsp3) is 0.0435. The molecule has 0 atom stereocenters. The minimum Gasteiger partial charge on any atom is -0.420 e. The molecule has 0 aliphatic rings. The van der Waals surface area contributed by atoms with Crippen LogP contribution in [0.3, 0.4) is 0 Å². The largest absolute Gasteiger partial charge is 0.487 e. The predicted octanol–water partition coefficient (Wildman–Crippen LogP) is 5.63. The molecule has 0 fully saturated rings. The molecule has 32 heavy (non-hydrogen) atoms. The maximum Gasteiger partial charge on any atom is 0.487 e. The number of rotatable bonds is 6. The molecule has 0 saturated carbocycles. The van der Waals surface area contributed by atoms with Crippen molar-refractivity contribution in [3.63, 3.8) is 0 Å². The summed E-state index contributed by atoms with van der Waals surface area (Å²) in [4.78, 5) is 25.6. The Hall–Kier alpha value is -3.91. The van der Waals surface area contributed by atoms with Gasteiger partial charge in [0.2, 0.25) is 0 Å². The van der Waals surface area contributed by atoms with Gasteiger partial charge in [-0.1, -0.05) is 6.07 Å². The van der Waals surface area contributed by atoms with Gasteiger partial charge in [0.05, 0.1) is 11.3 Å². The van der Waals surface area contributed by atoms with Crippen molar-refractivity contribution in [2.75, 3.05) is 5.32 Å². The first-order chi connectivity index (χ1) is 15.4. The predicted molar refractivity (Wildman–Crippen MR) is 117 cm³/mol. The zero-order valence-electron chi connectivity index (χ0n) is 16.4. The van der Waals surface area contributed by atoms with Gasteiger partial charge >= 0.3 is 5.57 Å². The van der Waals surface area contributed by atoms with E-state index < -0.39 is 11.5 Å². The molecule has 160 valence electrons. The Labute approximate surface area is 186 Å². The Morgan fingerprint density at radius 1 is 0.938 bits per heavy atom. The molecule has 6 nitrogen and oxygen atoms in total. The van der Waals surface area contributed by atoms with E-state index in [1.807, 2.05) is 12.1 Å². The lowest BCUT2D eigenvalue weighted by Crippen LogP contribution is -2.16. The number of hydrogen-bond donors (Lipinski definition) is 1. The highest BCUT2D eigenvalue weighted by atomic mass is 35.5. The first-order valence-corrected chi connectivity index (χ1v) is 9.75. The number of carbonyl (C=O) groups excluding carboxylic acids is 1. The summed E-state index contributed by atoms with van der Waals surface area (Å²) in [6.07, 6.45) is 8.16. The van der Waals surface area contributed by atoms with E-state index in [-0.39, 0.29) is 5.75 Å². The number of ether oxygens (including phenoxy) is 1. The SMILES string of the molecule is O=C(Nc1ccc(OC(F)(F)Cl)cc1)c1cnc(-c2cccnc2)c(-c2cccnc2)c1. The van der Waals surface area contributed by atoms with Crippen LogP contribution in [0, 0.1) is 0 Å². The number of aromatic nitrogens is 3. The Balaban J connectivity index is 1.62. The van der Waals surface area contributed by atoms with Gasteiger partial charge in [-0.25, -0.2) is 0 Å². The number of alkyl halides is 3. The first kappa shape index (κ1) is 21.3. The smallest absolute Gasteiger partial charge is 0.420 e. The third-order valence-electron chi connectivity index (χ3n) is 4.40. The van der Waals surface area contributed by atoms with E-state index in [0.29, 0.717) is 22.5 Å². The second-order valence-corrected chi connectivity index (χ2v) is 7.07. The van der Waals surface area contributed by atoms with Crippen molar-refractivity contribution in [1.82, 2.24) is 15.0 Å². The molecule has 0 radical (unpaired) electrons. The van der Waals surface area contributed by atoms with Crippen LogP contribution in [-0.4, -0.2) is 26.4 Å². The lowest BCUT2D eigenvalue weighted by molar-refractivity contribution is -0.0964. The average molecular weight is 453 g/mol. The van der Waals surface area contributed by atoms with E-state index >= 15 is 0 Å². The van der Waals surface area contributed by atoms with Gasteiger partial charge in [0.25, 0.3) is 5.91 Å². The summed E-state index contributed by atoms with van der Waals surface area (Å²) >= 11 is 4.75. The molecule has 0 aliphatic heterocycles. The van der Waals surface area contributed by atoms with E-state index in [1.165, 1.54) is 30.5 Å². The van der Waals surface area contributed by atoms with Crippen molar-refractivity contribution in [3.05, 3.63) is 91.1 Å². The third-order valence-corrected chi connectivity index (χ3v) is 4.48. The van der Waals surface area contributed by atoms with Crippen LogP contribution in [0.25, 0.3) is 22.4 Å². The molecule has 3 aromatic heterocycles. The normalized spacial score (nSPS) is 11.1. The van der Waals surface area contributed by atoms with Crippen molar-refractivity contribution >= 4 is 23.2 Å². The number of halogens is 3. The van der Waals surface area contributed by atoms with Gasteiger partial charge in [0.1, 0.15) is 5.75 Å². The second kappa shape index (κ2) is 9.07. The number of benzene rings is 1. The highest BCUT2D eigenvalue weighted by Crippen LogP contribution is 2.31. The summed E-state index contributed by atoms with van der Waals surface area (Å²) in [7, 11) is 0. The lowest BCUT2D eigenvalue weighted by atomic mass is 10.00. The second-order valence-electron chi connectivity index (χ2n) is 6.63. The zero-order chi connectivity index (χ0) is 22.6. The highest BCUT2D eigenvalue weighted by Gasteiger charge is 2.27. The van der Waals surface area contributed by atoms with Crippen LogP contribution in [0.2, 0.25) is 0 Å². The molecule has 0 aliphatic carbocycles. The summed E-state index contributed by atoms with van der Waals surface area (Å²) in [5.41, 5.74) is -0.154. The summed E-state index contributed by atoms with van der Waals surface area (Å²) in [5.74, 6) is -0.555. The summed E-state index contributed by atoms with van der Waals surface area (Å²) in [5, 5.41) is 2.70. The fourth-order valence-corrected chi connectivity index (χ4v) is 3.10. The van der Waals surface area contributed by atoms with Crippen LogP contribution in [-0.2, 0) is 0 Å². The van der Waals surface area contributed by atoms with Crippen LogP contribution in [0.1, 0.15) is 10.4 Å². The van der Waals surface area contributed by atoms with Crippen molar-refractivity contribution in [3.8, 4) is 28.1 Å². The van der Waals surface area contributed by atoms with Crippen LogP contribution in [0.4, 0.5) is 14.5 Å². The van der Waals surface area contributed by atoms with Gasteiger partial charge in [0.15, 0.2) is 0 Å². The molecule has 9 heteroatoms. The van der Waals surface area contributed by atoms with Gasteiger partial charge in [0, 0.05) is 65.0 Å². The van der Waals surface area contributed by atoms with E-state index in [2.05, 4.69) is 25.0 Å². The molecule has 0 spiro atoms. The number of anilines is 1. The number of nitrogens with one attached hydrogen (secondary N) is 1. The van der Waals surface area contributed by atoms with Gasteiger partial charge in [-0.2, -0.15) is 0 Å². The molecule has 1 aromatic carbocycles. The van der Waals surface area contributed by atoms with Crippen LogP contribution < -0.4 is 10.1 Å². The van der Waals surface area contributed by atoms with E-state index in [4.69, 9.17) is 11.6 Å². The van der Waals surface area contributed by atoms with Crippen molar-refractivity contribution in [1.29, 1.82) is 0 Å². The molecule has 4 aromatic rings. The number of amides is 1. The zero-order valence-corrected chi connectivity index (χ0v) is 17.1. The lowest BCUT2D eigenvalue weighted by Gasteiger charge is -2.12. The van der Waals surface area contributed by atoms with Crippen LogP contribution in [0.5, 0.6) is 5.75 Å². The van der Waals surface area contributed by atoms with Crippen LogP contribution >= 0.6 is 11.6 Å². The molecular weight excluding hydrogens is 438 g/mol.